The highest BCUT2D eigenvalue weighted by Crippen LogP contribution is 2.28. The first-order valence-electron chi connectivity index (χ1n) is 7.09. The number of anilines is 1. The third-order valence-corrected chi connectivity index (χ3v) is 3.57. The Morgan fingerprint density at radius 3 is 2.52 bits per heavy atom. The fourth-order valence-electron chi connectivity index (χ4n) is 2.40. The maximum absolute atomic E-state index is 6.22. The van der Waals surface area contributed by atoms with Crippen molar-refractivity contribution >= 4 is 5.82 Å². The van der Waals surface area contributed by atoms with Crippen molar-refractivity contribution in [3.8, 4) is 28.3 Å². The quantitative estimate of drug-likeness (QED) is 0.628. The summed E-state index contributed by atoms with van der Waals surface area (Å²) in [6, 6.07) is 15.4. The molecule has 6 nitrogen and oxygen atoms in total. The van der Waals surface area contributed by atoms with Gasteiger partial charge < -0.3 is 10.3 Å². The second-order valence-electron chi connectivity index (χ2n) is 5.01. The number of aromatic nitrogens is 4. The number of nitrogens with two attached hydrogens (primary N) is 1. The summed E-state index contributed by atoms with van der Waals surface area (Å²) >= 11 is 0. The summed E-state index contributed by atoms with van der Waals surface area (Å²) in [6.07, 6.45) is 5.14. The Labute approximate surface area is 132 Å². The zero-order chi connectivity index (χ0) is 15.6. The summed E-state index contributed by atoms with van der Waals surface area (Å²) in [4.78, 5) is 3.99. The van der Waals surface area contributed by atoms with E-state index in [1.54, 1.807) is 29.3 Å². The van der Waals surface area contributed by atoms with E-state index in [1.807, 2.05) is 42.5 Å². The van der Waals surface area contributed by atoms with Gasteiger partial charge in [-0.1, -0.05) is 35.5 Å². The van der Waals surface area contributed by atoms with E-state index in [0.717, 1.165) is 16.7 Å². The highest BCUT2D eigenvalue weighted by molar-refractivity contribution is 5.74. The van der Waals surface area contributed by atoms with Crippen LogP contribution in [0, 0.1) is 0 Å². The number of nitrogens with zero attached hydrogens (tertiary/aromatic N) is 4. The zero-order valence-corrected chi connectivity index (χ0v) is 12.1. The van der Waals surface area contributed by atoms with Gasteiger partial charge in [-0.3, -0.25) is 4.98 Å². The average molecular weight is 303 g/mol. The van der Waals surface area contributed by atoms with Crippen LogP contribution in [0.2, 0.25) is 0 Å². The molecule has 3 aromatic heterocycles. The highest BCUT2D eigenvalue weighted by atomic mass is 16.5. The predicted octanol–water partition coefficient (Wildman–Crippen LogP) is 3.17. The van der Waals surface area contributed by atoms with E-state index in [0.29, 0.717) is 17.4 Å². The minimum Gasteiger partial charge on any atom is -0.383 e. The minimum absolute atomic E-state index is 0.469. The van der Waals surface area contributed by atoms with Crippen LogP contribution in [0.3, 0.4) is 0 Å². The lowest BCUT2D eigenvalue weighted by molar-refractivity contribution is 0.401. The van der Waals surface area contributed by atoms with Crippen LogP contribution in [0.4, 0.5) is 5.82 Å². The molecule has 0 aliphatic heterocycles. The van der Waals surface area contributed by atoms with Gasteiger partial charge in [-0.05, 0) is 17.7 Å². The van der Waals surface area contributed by atoms with Crippen molar-refractivity contribution in [1.29, 1.82) is 0 Å². The van der Waals surface area contributed by atoms with E-state index < -0.39 is 0 Å². The standard InChI is InChI=1S/C17H13N5O/c18-17-14(12-4-2-1-3-5-12)11-20-22(17)16-10-15(21-23-16)13-6-8-19-9-7-13/h1-11H,18H2. The molecule has 0 aliphatic rings. The SMILES string of the molecule is Nc1c(-c2ccccc2)cnn1-c1cc(-c2ccncc2)no1. The first-order chi connectivity index (χ1) is 11.3. The van der Waals surface area contributed by atoms with Gasteiger partial charge in [-0.15, -0.1) is 0 Å². The molecule has 0 unspecified atom stereocenters. The lowest BCUT2D eigenvalue weighted by Crippen LogP contribution is -2.00. The molecule has 1 aromatic carbocycles. The van der Waals surface area contributed by atoms with E-state index in [2.05, 4.69) is 15.2 Å². The van der Waals surface area contributed by atoms with E-state index in [1.165, 1.54) is 0 Å². The average Bonchev–Trinajstić information content (AvgIpc) is 3.23. The largest absolute Gasteiger partial charge is 0.383 e. The van der Waals surface area contributed by atoms with Crippen molar-refractivity contribution < 1.29 is 4.52 Å². The van der Waals surface area contributed by atoms with Crippen molar-refractivity contribution in [2.75, 3.05) is 5.73 Å². The second-order valence-corrected chi connectivity index (χ2v) is 5.01. The van der Waals surface area contributed by atoms with Gasteiger partial charge in [0, 0.05) is 29.6 Å². The van der Waals surface area contributed by atoms with Crippen molar-refractivity contribution in [1.82, 2.24) is 19.9 Å². The molecule has 0 aliphatic carbocycles. The van der Waals surface area contributed by atoms with Gasteiger partial charge in [-0.25, -0.2) is 0 Å². The topological polar surface area (TPSA) is 82.8 Å². The Balaban J connectivity index is 1.73. The fourth-order valence-corrected chi connectivity index (χ4v) is 2.40. The summed E-state index contributed by atoms with van der Waals surface area (Å²) in [6.45, 7) is 0. The first kappa shape index (κ1) is 13.3. The van der Waals surface area contributed by atoms with Gasteiger partial charge in [0.05, 0.1) is 6.20 Å². The van der Waals surface area contributed by atoms with E-state index >= 15 is 0 Å². The predicted molar refractivity (Wildman–Crippen MR) is 86.7 cm³/mol. The lowest BCUT2D eigenvalue weighted by Gasteiger charge is -2.01. The molecule has 0 atom stereocenters. The molecule has 0 saturated carbocycles. The number of benzene rings is 1. The van der Waals surface area contributed by atoms with Crippen molar-refractivity contribution in [2.45, 2.75) is 0 Å². The van der Waals surface area contributed by atoms with Crippen LogP contribution in [0.5, 0.6) is 0 Å². The zero-order valence-electron chi connectivity index (χ0n) is 12.1. The lowest BCUT2D eigenvalue weighted by atomic mass is 10.1. The highest BCUT2D eigenvalue weighted by Gasteiger charge is 2.15. The van der Waals surface area contributed by atoms with Gasteiger partial charge in [0.2, 0.25) is 0 Å². The minimum atomic E-state index is 0.469. The molecule has 6 heteroatoms. The van der Waals surface area contributed by atoms with E-state index in [-0.39, 0.29) is 0 Å². The Morgan fingerprint density at radius 2 is 1.74 bits per heavy atom. The summed E-state index contributed by atoms with van der Waals surface area (Å²) < 4.78 is 6.93. The molecule has 0 fully saturated rings. The van der Waals surface area contributed by atoms with E-state index in [4.69, 9.17) is 10.3 Å². The van der Waals surface area contributed by atoms with Crippen molar-refractivity contribution in [2.24, 2.45) is 0 Å². The van der Waals surface area contributed by atoms with Crippen molar-refractivity contribution in [3.63, 3.8) is 0 Å². The maximum Gasteiger partial charge on any atom is 0.254 e. The molecule has 3 heterocycles. The van der Waals surface area contributed by atoms with Gasteiger partial charge in [-0.2, -0.15) is 9.78 Å². The monoisotopic (exact) mass is 303 g/mol. The van der Waals surface area contributed by atoms with Gasteiger partial charge in [0.25, 0.3) is 5.88 Å². The van der Waals surface area contributed by atoms with Crippen LogP contribution in [0.1, 0.15) is 0 Å². The van der Waals surface area contributed by atoms with Gasteiger partial charge in [0.15, 0.2) is 0 Å². The molecule has 0 spiro atoms. The Morgan fingerprint density at radius 1 is 0.957 bits per heavy atom. The number of hydrogen-bond donors (Lipinski definition) is 1. The molecule has 0 saturated heterocycles. The molecule has 0 bridgehead atoms. The van der Waals surface area contributed by atoms with Crippen LogP contribution < -0.4 is 5.73 Å². The Hall–Kier alpha value is -3.41. The van der Waals surface area contributed by atoms with E-state index in [9.17, 15) is 0 Å². The van der Waals surface area contributed by atoms with Crippen LogP contribution >= 0.6 is 0 Å². The smallest absolute Gasteiger partial charge is 0.254 e. The molecule has 4 rings (SSSR count). The second kappa shape index (κ2) is 5.42. The molecular weight excluding hydrogens is 290 g/mol. The van der Waals surface area contributed by atoms with Crippen LogP contribution in [0.15, 0.2) is 71.6 Å². The maximum atomic E-state index is 6.22. The third kappa shape index (κ3) is 2.36. The summed E-state index contributed by atoms with van der Waals surface area (Å²) in [5, 5.41) is 8.38. The molecule has 0 amide bonds. The van der Waals surface area contributed by atoms with Crippen LogP contribution in [-0.2, 0) is 0 Å². The molecule has 2 N–H and O–H groups in total. The number of hydrogen-bond acceptors (Lipinski definition) is 5. The summed E-state index contributed by atoms with van der Waals surface area (Å²) in [7, 11) is 0. The number of nitrogen functional groups attached to an aromatic ring is 1. The molecule has 23 heavy (non-hydrogen) atoms. The first-order valence-corrected chi connectivity index (χ1v) is 7.09. The fraction of sp³-hybridized carbons (Fsp3) is 0. The Kier molecular flexibility index (Phi) is 3.12. The number of rotatable bonds is 3. The van der Waals surface area contributed by atoms with Crippen LogP contribution in [-0.4, -0.2) is 19.9 Å². The van der Waals surface area contributed by atoms with Gasteiger partial charge in [0.1, 0.15) is 11.5 Å². The van der Waals surface area contributed by atoms with Crippen molar-refractivity contribution in [3.05, 3.63) is 67.1 Å². The molecule has 4 aromatic rings. The van der Waals surface area contributed by atoms with Crippen LogP contribution in [0.25, 0.3) is 28.3 Å². The molecule has 0 radical (unpaired) electrons. The third-order valence-electron chi connectivity index (χ3n) is 3.57. The Bertz CT molecular complexity index is 928. The summed E-state index contributed by atoms with van der Waals surface area (Å²) in [5.41, 5.74) is 9.70. The molecular formula is C17H13N5O. The normalized spacial score (nSPS) is 10.8. The van der Waals surface area contributed by atoms with Gasteiger partial charge >= 0.3 is 0 Å². The summed E-state index contributed by atoms with van der Waals surface area (Å²) in [5.74, 6) is 0.977. The number of pyridine rings is 1. The molecule has 112 valence electrons.